The molecule has 0 amide bonds. The summed E-state index contributed by atoms with van der Waals surface area (Å²) in [6.07, 6.45) is 3.12. The van der Waals surface area contributed by atoms with E-state index in [4.69, 9.17) is 18.9 Å². The number of pyridine rings is 1. The normalized spacial score (nSPS) is 12.2. The van der Waals surface area contributed by atoms with Crippen LogP contribution in [0.15, 0.2) is 77.8 Å². The summed E-state index contributed by atoms with van der Waals surface area (Å²) in [7, 11) is 2.52. The highest BCUT2D eigenvalue weighted by atomic mass is 32.2. The Morgan fingerprint density at radius 2 is 1.59 bits per heavy atom. The molecule has 0 spiro atoms. The van der Waals surface area contributed by atoms with Gasteiger partial charge in [0.2, 0.25) is 10.0 Å². The van der Waals surface area contributed by atoms with Gasteiger partial charge in [-0.05, 0) is 73.9 Å². The molecule has 1 heterocycles. The van der Waals surface area contributed by atoms with Gasteiger partial charge in [-0.15, -0.1) is 0 Å². The molecule has 9 nitrogen and oxygen atoms in total. The number of hydrogen-bond donors (Lipinski definition) is 1. The molecule has 0 radical (unpaired) electrons. The minimum Gasteiger partial charge on any atom is -0.497 e. The van der Waals surface area contributed by atoms with E-state index in [2.05, 4.69) is 17.2 Å². The van der Waals surface area contributed by atoms with E-state index in [9.17, 15) is 8.42 Å². The Hall–Kier alpha value is -4.02. The molecule has 0 aliphatic carbocycles. The van der Waals surface area contributed by atoms with Crippen molar-refractivity contribution in [1.29, 1.82) is 0 Å². The van der Waals surface area contributed by atoms with Crippen molar-refractivity contribution in [3.8, 4) is 23.0 Å². The van der Waals surface area contributed by atoms with Crippen molar-refractivity contribution in [2.45, 2.75) is 37.2 Å². The molecule has 3 aromatic carbocycles. The summed E-state index contributed by atoms with van der Waals surface area (Å²) in [6, 6.07) is 19.7. The highest BCUT2D eigenvalue weighted by Crippen LogP contribution is 2.31. The third-order valence-corrected chi connectivity index (χ3v) is 8.72. The van der Waals surface area contributed by atoms with Crippen LogP contribution >= 0.6 is 0 Å². The van der Waals surface area contributed by atoms with E-state index in [1.54, 1.807) is 71.0 Å². The van der Waals surface area contributed by atoms with E-state index in [1.807, 2.05) is 30.3 Å². The first-order valence-corrected chi connectivity index (χ1v) is 14.8. The zero-order valence-corrected chi connectivity index (χ0v) is 24.9. The topological polar surface area (TPSA) is 99.2 Å². The van der Waals surface area contributed by atoms with Gasteiger partial charge in [-0.2, -0.15) is 4.31 Å². The Labute approximate surface area is 242 Å². The SMILES string of the molecule is COc1ccc(S(=O)(=O)N(CCCC(C)Nc2cc(OC)cc3cccnc23)Cc2ccc(OC)c(OC)c2)cc1. The first kappa shape index (κ1) is 30.0. The lowest BCUT2D eigenvalue weighted by Gasteiger charge is -2.24. The molecule has 1 aromatic heterocycles. The molecule has 4 aromatic rings. The van der Waals surface area contributed by atoms with E-state index < -0.39 is 10.0 Å². The summed E-state index contributed by atoms with van der Waals surface area (Å²) >= 11 is 0. The van der Waals surface area contributed by atoms with Crippen LogP contribution in [0.25, 0.3) is 10.9 Å². The van der Waals surface area contributed by atoms with Crippen molar-refractivity contribution in [2.24, 2.45) is 0 Å². The van der Waals surface area contributed by atoms with Crippen molar-refractivity contribution in [3.63, 3.8) is 0 Å². The second-order valence-corrected chi connectivity index (χ2v) is 11.6. The summed E-state index contributed by atoms with van der Waals surface area (Å²) in [4.78, 5) is 4.74. The highest BCUT2D eigenvalue weighted by molar-refractivity contribution is 7.89. The maximum Gasteiger partial charge on any atom is 0.243 e. The van der Waals surface area contributed by atoms with Crippen LogP contribution in [0.5, 0.6) is 23.0 Å². The number of aromatic nitrogens is 1. The number of methoxy groups -OCH3 is 4. The Kier molecular flexibility index (Phi) is 9.91. The molecule has 0 aliphatic rings. The third kappa shape index (κ3) is 7.20. The Bertz CT molecular complexity index is 1560. The van der Waals surface area contributed by atoms with E-state index >= 15 is 0 Å². The van der Waals surface area contributed by atoms with Gasteiger partial charge in [-0.25, -0.2) is 8.42 Å². The van der Waals surface area contributed by atoms with Crippen LogP contribution < -0.4 is 24.3 Å². The van der Waals surface area contributed by atoms with Gasteiger partial charge in [0.15, 0.2) is 11.5 Å². The number of hydrogen-bond acceptors (Lipinski definition) is 8. The largest absolute Gasteiger partial charge is 0.497 e. The zero-order valence-electron chi connectivity index (χ0n) is 24.1. The Balaban J connectivity index is 1.52. The molecular weight excluding hydrogens is 542 g/mol. The summed E-state index contributed by atoms with van der Waals surface area (Å²) in [5.74, 6) is 2.46. The first-order chi connectivity index (χ1) is 19.8. The lowest BCUT2D eigenvalue weighted by atomic mass is 10.1. The monoisotopic (exact) mass is 579 g/mol. The van der Waals surface area contributed by atoms with Gasteiger partial charge in [0.25, 0.3) is 0 Å². The number of ether oxygens (including phenoxy) is 4. The second-order valence-electron chi connectivity index (χ2n) is 9.64. The number of nitrogens with zero attached hydrogens (tertiary/aromatic N) is 2. The molecule has 0 bridgehead atoms. The van der Waals surface area contributed by atoms with Gasteiger partial charge in [0.1, 0.15) is 11.5 Å². The van der Waals surface area contributed by atoms with Crippen molar-refractivity contribution < 1.29 is 27.4 Å². The molecule has 0 fully saturated rings. The number of sulfonamides is 1. The average Bonchev–Trinajstić information content (AvgIpc) is 3.00. The van der Waals surface area contributed by atoms with Crippen LogP contribution in [0.3, 0.4) is 0 Å². The molecule has 1 unspecified atom stereocenters. The lowest BCUT2D eigenvalue weighted by Crippen LogP contribution is -2.32. The van der Waals surface area contributed by atoms with E-state index in [0.717, 1.165) is 34.3 Å². The maximum absolute atomic E-state index is 13.8. The summed E-state index contributed by atoms with van der Waals surface area (Å²) in [5, 5.41) is 4.52. The van der Waals surface area contributed by atoms with Crippen LogP contribution in [0.2, 0.25) is 0 Å². The molecular formula is C31H37N3O6S. The van der Waals surface area contributed by atoms with Crippen molar-refractivity contribution in [3.05, 3.63) is 78.5 Å². The molecule has 1 N–H and O–H groups in total. The summed E-state index contributed by atoms with van der Waals surface area (Å²) in [6.45, 7) is 2.58. The van der Waals surface area contributed by atoms with Gasteiger partial charge in [0, 0.05) is 36.8 Å². The third-order valence-electron chi connectivity index (χ3n) is 6.86. The smallest absolute Gasteiger partial charge is 0.243 e. The molecule has 1 atom stereocenters. The minimum absolute atomic E-state index is 0.0546. The lowest BCUT2D eigenvalue weighted by molar-refractivity contribution is 0.352. The molecule has 41 heavy (non-hydrogen) atoms. The molecule has 0 saturated carbocycles. The fourth-order valence-electron chi connectivity index (χ4n) is 4.67. The van der Waals surface area contributed by atoms with Gasteiger partial charge in [-0.1, -0.05) is 12.1 Å². The zero-order chi connectivity index (χ0) is 29.4. The van der Waals surface area contributed by atoms with Crippen molar-refractivity contribution in [1.82, 2.24) is 9.29 Å². The maximum atomic E-state index is 13.8. The van der Waals surface area contributed by atoms with E-state index in [0.29, 0.717) is 30.2 Å². The predicted molar refractivity (Wildman–Crippen MR) is 161 cm³/mol. The molecule has 10 heteroatoms. The van der Waals surface area contributed by atoms with Crippen LogP contribution in [0.1, 0.15) is 25.3 Å². The number of benzene rings is 3. The van der Waals surface area contributed by atoms with Crippen molar-refractivity contribution >= 4 is 26.6 Å². The van der Waals surface area contributed by atoms with Gasteiger partial charge in [0.05, 0.1) is 44.5 Å². The standard InChI is InChI=1S/C31H37N3O6S/c1-22(33-28-20-26(38-3)19-24-9-6-16-32-31(24)28)8-7-17-34(21-23-10-15-29(39-4)30(18-23)40-5)41(35,36)27-13-11-25(37-2)12-14-27/h6,9-16,18-20,22,33H,7-8,17,21H2,1-5H3. The fraction of sp³-hybridized carbons (Fsp3) is 0.323. The van der Waals surface area contributed by atoms with Gasteiger partial charge >= 0.3 is 0 Å². The summed E-state index contributed by atoms with van der Waals surface area (Å²) < 4.78 is 50.6. The molecule has 4 rings (SSSR count). The van der Waals surface area contributed by atoms with Crippen LogP contribution in [0.4, 0.5) is 5.69 Å². The predicted octanol–water partition coefficient (Wildman–Crippen LogP) is 5.74. The van der Waals surface area contributed by atoms with Gasteiger partial charge < -0.3 is 24.3 Å². The molecule has 218 valence electrons. The second kappa shape index (κ2) is 13.6. The highest BCUT2D eigenvalue weighted by Gasteiger charge is 2.25. The molecule has 0 saturated heterocycles. The summed E-state index contributed by atoms with van der Waals surface area (Å²) in [5.41, 5.74) is 2.53. The van der Waals surface area contributed by atoms with Crippen molar-refractivity contribution in [2.75, 3.05) is 40.3 Å². The quantitative estimate of drug-likeness (QED) is 0.202. The van der Waals surface area contributed by atoms with E-state index in [1.165, 1.54) is 4.31 Å². The van der Waals surface area contributed by atoms with Gasteiger partial charge in [-0.3, -0.25) is 4.98 Å². The van der Waals surface area contributed by atoms with Crippen LogP contribution in [0, 0.1) is 0 Å². The average molecular weight is 580 g/mol. The Morgan fingerprint density at radius 1 is 0.854 bits per heavy atom. The van der Waals surface area contributed by atoms with Crippen LogP contribution in [-0.2, 0) is 16.6 Å². The van der Waals surface area contributed by atoms with E-state index in [-0.39, 0.29) is 17.5 Å². The number of fused-ring (bicyclic) bond motifs is 1. The first-order valence-electron chi connectivity index (χ1n) is 13.3. The number of rotatable bonds is 14. The Morgan fingerprint density at radius 3 is 2.27 bits per heavy atom. The number of nitrogens with one attached hydrogen (secondary N) is 1. The minimum atomic E-state index is -3.80. The number of anilines is 1. The fourth-order valence-corrected chi connectivity index (χ4v) is 6.13. The van der Waals surface area contributed by atoms with Crippen LogP contribution in [-0.4, -0.2) is 58.7 Å². The molecule has 0 aliphatic heterocycles.